The van der Waals surface area contributed by atoms with Crippen molar-refractivity contribution >= 4 is 35.4 Å². The van der Waals surface area contributed by atoms with Crippen LogP contribution in [0.3, 0.4) is 0 Å². The highest BCUT2D eigenvalue weighted by Gasteiger charge is 2.13. The van der Waals surface area contributed by atoms with Gasteiger partial charge in [-0.1, -0.05) is 23.7 Å². The van der Waals surface area contributed by atoms with E-state index in [1.165, 1.54) is 0 Å². The number of amides is 1. The number of aromatic nitrogens is 4. The average Bonchev–Trinajstić information content (AvgIpc) is 3.14. The smallest absolute Gasteiger partial charge is 0.244 e. The Hall–Kier alpha value is -3.49. The number of nitrogens with one attached hydrogen (secondary N) is 2. The van der Waals surface area contributed by atoms with Gasteiger partial charge < -0.3 is 10.1 Å². The Labute approximate surface area is 188 Å². The highest BCUT2D eigenvalue weighted by molar-refractivity contribution is 7.71. The van der Waals surface area contributed by atoms with E-state index in [1.54, 1.807) is 41.2 Å². The SMILES string of the molecule is O=C(Cn1c(-c2ccc(Cl)cc2)n[nH]c1=S)Nc1cccc(OCc2cccnc2)c1. The largest absolute Gasteiger partial charge is 0.489 e. The van der Waals surface area contributed by atoms with Crippen LogP contribution in [0.1, 0.15) is 5.56 Å². The van der Waals surface area contributed by atoms with Crippen LogP contribution in [-0.4, -0.2) is 25.7 Å². The molecule has 7 nitrogen and oxygen atoms in total. The number of hydrogen-bond donors (Lipinski definition) is 2. The third-order valence-corrected chi connectivity index (χ3v) is 4.97. The monoisotopic (exact) mass is 451 g/mol. The lowest BCUT2D eigenvalue weighted by Gasteiger charge is -2.10. The van der Waals surface area contributed by atoms with Gasteiger partial charge in [0.15, 0.2) is 10.6 Å². The predicted molar refractivity (Wildman–Crippen MR) is 121 cm³/mol. The fourth-order valence-corrected chi connectivity index (χ4v) is 3.26. The van der Waals surface area contributed by atoms with Gasteiger partial charge in [-0.3, -0.25) is 19.4 Å². The number of carbonyl (C=O) groups is 1. The third kappa shape index (κ3) is 5.36. The molecule has 0 unspecified atom stereocenters. The normalized spacial score (nSPS) is 10.6. The van der Waals surface area contributed by atoms with Crippen LogP contribution in [0, 0.1) is 4.77 Å². The maximum Gasteiger partial charge on any atom is 0.244 e. The summed E-state index contributed by atoms with van der Waals surface area (Å²) in [4.78, 5) is 16.7. The van der Waals surface area contributed by atoms with Gasteiger partial charge in [0.05, 0.1) is 0 Å². The number of aromatic amines is 1. The molecule has 2 aromatic carbocycles. The molecule has 0 spiro atoms. The van der Waals surface area contributed by atoms with Gasteiger partial charge in [0.1, 0.15) is 18.9 Å². The van der Waals surface area contributed by atoms with Crippen molar-refractivity contribution in [3.05, 3.63) is 88.4 Å². The minimum Gasteiger partial charge on any atom is -0.489 e. The first-order chi connectivity index (χ1) is 15.1. The first-order valence-corrected chi connectivity index (χ1v) is 10.2. The van der Waals surface area contributed by atoms with Gasteiger partial charge in [-0.05, 0) is 54.7 Å². The van der Waals surface area contributed by atoms with Gasteiger partial charge in [-0.2, -0.15) is 5.10 Å². The Morgan fingerprint density at radius 3 is 2.77 bits per heavy atom. The summed E-state index contributed by atoms with van der Waals surface area (Å²) in [5.74, 6) is 0.964. The van der Waals surface area contributed by atoms with Crippen LogP contribution < -0.4 is 10.1 Å². The van der Waals surface area contributed by atoms with Gasteiger partial charge in [-0.15, -0.1) is 0 Å². The first-order valence-electron chi connectivity index (χ1n) is 9.41. The van der Waals surface area contributed by atoms with Crippen LogP contribution in [0.15, 0.2) is 73.1 Å². The summed E-state index contributed by atoms with van der Waals surface area (Å²) in [6, 6.07) is 18.2. The van der Waals surface area contributed by atoms with E-state index in [0.29, 0.717) is 33.7 Å². The number of pyridine rings is 1. The second-order valence-electron chi connectivity index (χ2n) is 6.67. The molecule has 0 bridgehead atoms. The second kappa shape index (κ2) is 9.55. The molecule has 2 heterocycles. The standard InChI is InChI=1S/C22H18ClN5O2S/c23-17-8-6-16(7-9-17)21-26-27-22(31)28(21)13-20(29)25-18-4-1-5-19(11-18)30-14-15-3-2-10-24-12-15/h1-12H,13-14H2,(H,25,29)(H,27,31). The van der Waals surface area contributed by atoms with Crippen molar-refractivity contribution in [1.82, 2.24) is 19.7 Å². The zero-order valence-electron chi connectivity index (χ0n) is 16.3. The molecular weight excluding hydrogens is 434 g/mol. The molecule has 31 heavy (non-hydrogen) atoms. The molecule has 0 radical (unpaired) electrons. The van der Waals surface area contributed by atoms with E-state index in [9.17, 15) is 4.79 Å². The van der Waals surface area contributed by atoms with Gasteiger partial charge in [0, 0.05) is 40.3 Å². The maximum atomic E-state index is 12.7. The van der Waals surface area contributed by atoms with Crippen molar-refractivity contribution in [2.45, 2.75) is 13.2 Å². The molecule has 156 valence electrons. The van der Waals surface area contributed by atoms with Crippen LogP contribution in [-0.2, 0) is 17.9 Å². The van der Waals surface area contributed by atoms with Crippen molar-refractivity contribution in [2.75, 3.05) is 5.32 Å². The molecule has 0 fully saturated rings. The average molecular weight is 452 g/mol. The Morgan fingerprint density at radius 1 is 1.16 bits per heavy atom. The number of carbonyl (C=O) groups excluding carboxylic acids is 1. The zero-order valence-corrected chi connectivity index (χ0v) is 17.9. The lowest BCUT2D eigenvalue weighted by molar-refractivity contribution is -0.116. The Morgan fingerprint density at radius 2 is 2.00 bits per heavy atom. The summed E-state index contributed by atoms with van der Waals surface area (Å²) in [6.45, 7) is 0.397. The maximum absolute atomic E-state index is 12.7. The molecule has 0 aliphatic rings. The zero-order chi connectivity index (χ0) is 21.6. The van der Waals surface area contributed by atoms with E-state index >= 15 is 0 Å². The summed E-state index contributed by atoms with van der Waals surface area (Å²) in [6.07, 6.45) is 3.46. The van der Waals surface area contributed by atoms with Crippen LogP contribution in [0.5, 0.6) is 5.75 Å². The van der Waals surface area contributed by atoms with Gasteiger partial charge in [0.2, 0.25) is 5.91 Å². The van der Waals surface area contributed by atoms with Crippen LogP contribution in [0.2, 0.25) is 5.02 Å². The number of ether oxygens (including phenoxy) is 1. The van der Waals surface area contributed by atoms with E-state index in [-0.39, 0.29) is 12.5 Å². The summed E-state index contributed by atoms with van der Waals surface area (Å²) < 4.78 is 7.78. The van der Waals surface area contributed by atoms with Crippen molar-refractivity contribution in [3.8, 4) is 17.1 Å². The number of hydrogen-bond acceptors (Lipinski definition) is 5. The van der Waals surface area contributed by atoms with Crippen molar-refractivity contribution in [3.63, 3.8) is 0 Å². The quantitative estimate of drug-likeness (QED) is 0.391. The number of benzene rings is 2. The number of nitrogens with zero attached hydrogens (tertiary/aromatic N) is 3. The van der Waals surface area contributed by atoms with Crippen molar-refractivity contribution in [2.24, 2.45) is 0 Å². The molecule has 4 aromatic rings. The Bertz CT molecular complexity index is 1240. The minimum atomic E-state index is -0.239. The molecule has 0 atom stereocenters. The lowest BCUT2D eigenvalue weighted by Crippen LogP contribution is -2.19. The van der Waals surface area contributed by atoms with Crippen molar-refractivity contribution in [1.29, 1.82) is 0 Å². The third-order valence-electron chi connectivity index (χ3n) is 4.41. The second-order valence-corrected chi connectivity index (χ2v) is 7.49. The van der Waals surface area contributed by atoms with Gasteiger partial charge in [-0.25, -0.2) is 0 Å². The van der Waals surface area contributed by atoms with E-state index < -0.39 is 0 Å². The van der Waals surface area contributed by atoms with Crippen LogP contribution in [0.25, 0.3) is 11.4 Å². The minimum absolute atomic E-state index is 0.00800. The van der Waals surface area contributed by atoms with E-state index in [4.69, 9.17) is 28.6 Å². The fourth-order valence-electron chi connectivity index (χ4n) is 2.94. The first kappa shape index (κ1) is 20.8. The lowest BCUT2D eigenvalue weighted by atomic mass is 10.2. The van der Waals surface area contributed by atoms with Gasteiger partial charge in [0.25, 0.3) is 0 Å². The summed E-state index contributed by atoms with van der Waals surface area (Å²) in [7, 11) is 0. The molecule has 4 rings (SSSR count). The molecule has 1 amide bonds. The van der Waals surface area contributed by atoms with Crippen molar-refractivity contribution < 1.29 is 9.53 Å². The molecule has 0 saturated heterocycles. The molecule has 2 aromatic heterocycles. The van der Waals surface area contributed by atoms with Crippen LogP contribution in [0.4, 0.5) is 5.69 Å². The van der Waals surface area contributed by atoms with Crippen LogP contribution >= 0.6 is 23.8 Å². The molecule has 0 saturated carbocycles. The molecule has 0 aliphatic carbocycles. The molecule has 9 heteroatoms. The predicted octanol–water partition coefficient (Wildman–Crippen LogP) is 4.87. The van der Waals surface area contributed by atoms with E-state index in [0.717, 1.165) is 11.1 Å². The van der Waals surface area contributed by atoms with Gasteiger partial charge >= 0.3 is 0 Å². The molecule has 0 aliphatic heterocycles. The number of anilines is 1. The topological polar surface area (TPSA) is 84.8 Å². The molecular formula is C22H18ClN5O2S. The summed E-state index contributed by atoms with van der Waals surface area (Å²) >= 11 is 11.3. The number of halogens is 1. The van der Waals surface area contributed by atoms with E-state index in [2.05, 4.69) is 20.5 Å². The summed E-state index contributed by atoms with van der Waals surface area (Å²) in [5, 5.41) is 10.5. The molecule has 2 N–H and O–H groups in total. The Kier molecular flexibility index (Phi) is 6.40. The number of rotatable bonds is 7. The number of H-pyrrole nitrogens is 1. The Balaban J connectivity index is 1.43. The fraction of sp³-hybridized carbons (Fsp3) is 0.0909. The highest BCUT2D eigenvalue weighted by Crippen LogP contribution is 2.21. The van der Waals surface area contributed by atoms with E-state index in [1.807, 2.05) is 36.4 Å². The summed E-state index contributed by atoms with van der Waals surface area (Å²) in [5.41, 5.74) is 2.38. The highest BCUT2D eigenvalue weighted by atomic mass is 35.5.